The molecule has 0 heterocycles. The molecule has 3 nitrogen and oxygen atoms in total. The molecule has 19 heavy (non-hydrogen) atoms. The van der Waals surface area contributed by atoms with E-state index in [1.165, 1.54) is 31.2 Å². The number of nitriles is 1. The summed E-state index contributed by atoms with van der Waals surface area (Å²) in [6.45, 7) is 3.42. The Kier molecular flexibility index (Phi) is 5.23. The zero-order chi connectivity index (χ0) is 13.5. The molecule has 1 saturated carbocycles. The minimum atomic E-state index is 0.106. The lowest BCUT2D eigenvalue weighted by Crippen LogP contribution is -2.24. The van der Waals surface area contributed by atoms with E-state index >= 15 is 0 Å². The molecule has 1 atom stereocenters. The molecule has 1 aliphatic rings. The number of hydrogen-bond donors (Lipinski definition) is 1. The van der Waals surface area contributed by atoms with Crippen molar-refractivity contribution in [1.82, 2.24) is 5.32 Å². The summed E-state index contributed by atoms with van der Waals surface area (Å²) in [4.78, 5) is 0. The van der Waals surface area contributed by atoms with Crippen LogP contribution in [0.2, 0.25) is 0 Å². The SMILES string of the molecule is CC(NCC1CCCC1)c1ccc(OCC#N)cc1. The van der Waals surface area contributed by atoms with Crippen molar-refractivity contribution in [2.24, 2.45) is 5.92 Å². The van der Waals surface area contributed by atoms with Crippen molar-refractivity contribution in [3.63, 3.8) is 0 Å². The lowest BCUT2D eigenvalue weighted by atomic mass is 10.1. The standard InChI is InChI=1S/C16H22N2O/c1-13(18-12-14-4-2-3-5-14)15-6-8-16(9-7-15)19-11-10-17/h6-9,13-14,18H,2-5,11-12H2,1H3. The average molecular weight is 258 g/mol. The fourth-order valence-corrected chi connectivity index (χ4v) is 2.64. The van der Waals surface area contributed by atoms with Crippen LogP contribution in [-0.4, -0.2) is 13.2 Å². The van der Waals surface area contributed by atoms with E-state index < -0.39 is 0 Å². The van der Waals surface area contributed by atoms with Gasteiger partial charge < -0.3 is 10.1 Å². The fraction of sp³-hybridized carbons (Fsp3) is 0.562. The van der Waals surface area contributed by atoms with Crippen molar-refractivity contribution >= 4 is 0 Å². The second-order valence-corrected chi connectivity index (χ2v) is 5.30. The van der Waals surface area contributed by atoms with Crippen molar-refractivity contribution in [1.29, 1.82) is 5.26 Å². The second kappa shape index (κ2) is 7.16. The van der Waals surface area contributed by atoms with E-state index in [9.17, 15) is 0 Å². The lowest BCUT2D eigenvalue weighted by Gasteiger charge is -2.17. The van der Waals surface area contributed by atoms with Gasteiger partial charge in [-0.25, -0.2) is 0 Å². The van der Waals surface area contributed by atoms with Gasteiger partial charge in [-0.2, -0.15) is 5.26 Å². The molecule has 1 aromatic carbocycles. The molecule has 3 heteroatoms. The number of benzene rings is 1. The highest BCUT2D eigenvalue weighted by molar-refractivity contribution is 5.29. The predicted octanol–water partition coefficient (Wildman–Crippen LogP) is 3.43. The third kappa shape index (κ3) is 4.25. The molecule has 2 rings (SSSR count). The summed E-state index contributed by atoms with van der Waals surface area (Å²) in [5.74, 6) is 1.62. The number of nitrogens with zero attached hydrogens (tertiary/aromatic N) is 1. The van der Waals surface area contributed by atoms with Crippen LogP contribution in [-0.2, 0) is 0 Å². The summed E-state index contributed by atoms with van der Waals surface area (Å²) in [6.07, 6.45) is 5.54. The molecule has 0 radical (unpaired) electrons. The van der Waals surface area contributed by atoms with Crippen LogP contribution in [0.1, 0.15) is 44.2 Å². The number of hydrogen-bond acceptors (Lipinski definition) is 3. The quantitative estimate of drug-likeness (QED) is 0.850. The van der Waals surface area contributed by atoms with Gasteiger partial charge in [0, 0.05) is 6.04 Å². The molecule has 0 amide bonds. The molecule has 0 spiro atoms. The Bertz CT molecular complexity index is 415. The lowest BCUT2D eigenvalue weighted by molar-refractivity contribution is 0.368. The Morgan fingerprint density at radius 3 is 2.63 bits per heavy atom. The first-order valence-electron chi connectivity index (χ1n) is 7.12. The van der Waals surface area contributed by atoms with E-state index in [-0.39, 0.29) is 6.61 Å². The van der Waals surface area contributed by atoms with Gasteiger partial charge in [0.25, 0.3) is 0 Å². The van der Waals surface area contributed by atoms with Gasteiger partial charge >= 0.3 is 0 Å². The normalized spacial score (nSPS) is 17.1. The van der Waals surface area contributed by atoms with Gasteiger partial charge in [0.05, 0.1) is 0 Å². The van der Waals surface area contributed by atoms with Crippen LogP contribution in [0.15, 0.2) is 24.3 Å². The van der Waals surface area contributed by atoms with Gasteiger partial charge in [-0.15, -0.1) is 0 Å². The van der Waals surface area contributed by atoms with E-state index in [2.05, 4.69) is 24.4 Å². The summed E-state index contributed by atoms with van der Waals surface area (Å²) < 4.78 is 5.25. The molecule has 1 aromatic rings. The maximum atomic E-state index is 8.46. The van der Waals surface area contributed by atoms with Crippen LogP contribution in [0.5, 0.6) is 5.75 Å². The van der Waals surface area contributed by atoms with Crippen LogP contribution in [0.3, 0.4) is 0 Å². The van der Waals surface area contributed by atoms with Gasteiger partial charge in [0.15, 0.2) is 6.61 Å². The van der Waals surface area contributed by atoms with Gasteiger partial charge in [0.2, 0.25) is 0 Å². The Morgan fingerprint density at radius 1 is 1.32 bits per heavy atom. The molecular formula is C16H22N2O. The van der Waals surface area contributed by atoms with Gasteiger partial charge in [-0.3, -0.25) is 0 Å². The third-order valence-electron chi connectivity index (χ3n) is 3.87. The first-order chi connectivity index (χ1) is 9.29. The van der Waals surface area contributed by atoms with E-state index in [4.69, 9.17) is 10.00 Å². The van der Waals surface area contributed by atoms with Crippen molar-refractivity contribution in [2.45, 2.75) is 38.6 Å². The maximum absolute atomic E-state index is 8.46. The number of rotatable bonds is 6. The highest BCUT2D eigenvalue weighted by atomic mass is 16.5. The van der Waals surface area contributed by atoms with E-state index in [1.807, 2.05) is 18.2 Å². The number of nitrogens with one attached hydrogen (secondary N) is 1. The first kappa shape index (κ1) is 13.9. The summed E-state index contributed by atoms with van der Waals surface area (Å²) >= 11 is 0. The molecule has 1 unspecified atom stereocenters. The minimum absolute atomic E-state index is 0.106. The molecule has 1 aliphatic carbocycles. The molecule has 0 bridgehead atoms. The molecule has 0 aromatic heterocycles. The third-order valence-corrected chi connectivity index (χ3v) is 3.87. The first-order valence-corrected chi connectivity index (χ1v) is 7.12. The highest BCUT2D eigenvalue weighted by Gasteiger charge is 2.15. The minimum Gasteiger partial charge on any atom is -0.479 e. The van der Waals surface area contributed by atoms with E-state index in [0.29, 0.717) is 6.04 Å². The van der Waals surface area contributed by atoms with Gasteiger partial charge in [-0.1, -0.05) is 25.0 Å². The molecule has 1 N–H and O–H groups in total. The van der Waals surface area contributed by atoms with Gasteiger partial charge in [0.1, 0.15) is 11.8 Å². The van der Waals surface area contributed by atoms with Crippen molar-refractivity contribution < 1.29 is 4.74 Å². The Labute approximate surface area is 115 Å². The van der Waals surface area contributed by atoms with Crippen LogP contribution in [0.25, 0.3) is 0 Å². The topological polar surface area (TPSA) is 45.0 Å². The molecule has 0 saturated heterocycles. The second-order valence-electron chi connectivity index (χ2n) is 5.30. The zero-order valence-electron chi connectivity index (χ0n) is 11.6. The summed E-state index contributed by atoms with van der Waals surface area (Å²) in [7, 11) is 0. The summed E-state index contributed by atoms with van der Waals surface area (Å²) in [5, 5.41) is 12.1. The largest absolute Gasteiger partial charge is 0.479 e. The molecule has 1 fully saturated rings. The average Bonchev–Trinajstić information content (AvgIpc) is 2.96. The fourth-order valence-electron chi connectivity index (χ4n) is 2.64. The molecule has 102 valence electrons. The van der Waals surface area contributed by atoms with Crippen LogP contribution < -0.4 is 10.1 Å². The van der Waals surface area contributed by atoms with E-state index in [1.54, 1.807) is 0 Å². The predicted molar refractivity (Wildman–Crippen MR) is 75.9 cm³/mol. The monoisotopic (exact) mass is 258 g/mol. The maximum Gasteiger partial charge on any atom is 0.174 e. The molecule has 0 aliphatic heterocycles. The molecular weight excluding hydrogens is 236 g/mol. The number of ether oxygens (including phenoxy) is 1. The van der Waals surface area contributed by atoms with Crippen LogP contribution in [0.4, 0.5) is 0 Å². The highest BCUT2D eigenvalue weighted by Crippen LogP contribution is 2.25. The summed E-state index contributed by atoms with van der Waals surface area (Å²) in [6, 6.07) is 10.3. The summed E-state index contributed by atoms with van der Waals surface area (Å²) in [5.41, 5.74) is 1.27. The van der Waals surface area contributed by atoms with Crippen molar-refractivity contribution in [3.8, 4) is 11.8 Å². The Hall–Kier alpha value is -1.53. The van der Waals surface area contributed by atoms with E-state index in [0.717, 1.165) is 18.2 Å². The van der Waals surface area contributed by atoms with Gasteiger partial charge in [-0.05, 0) is 49.9 Å². The Balaban J connectivity index is 1.81. The van der Waals surface area contributed by atoms with Crippen LogP contribution >= 0.6 is 0 Å². The van der Waals surface area contributed by atoms with Crippen molar-refractivity contribution in [3.05, 3.63) is 29.8 Å². The smallest absolute Gasteiger partial charge is 0.174 e. The van der Waals surface area contributed by atoms with Crippen molar-refractivity contribution in [2.75, 3.05) is 13.2 Å². The zero-order valence-corrected chi connectivity index (χ0v) is 11.6. The Morgan fingerprint density at radius 2 is 2.00 bits per heavy atom. The van der Waals surface area contributed by atoms with Crippen LogP contribution in [0, 0.1) is 17.2 Å².